The first kappa shape index (κ1) is 39.9. The summed E-state index contributed by atoms with van der Waals surface area (Å²) in [5.41, 5.74) is 0. The highest BCUT2D eigenvalue weighted by Crippen LogP contribution is 2.13. The Hall–Kier alpha value is -1.11. The molecule has 0 bridgehead atoms. The molecule has 0 saturated carbocycles. The second kappa shape index (κ2) is 36.9. The maximum atomic E-state index is 12.1. The highest BCUT2D eigenvalue weighted by molar-refractivity contribution is 5.78. The zero-order valence-corrected chi connectivity index (χ0v) is 28.3. The van der Waals surface area contributed by atoms with Crippen LogP contribution in [0.3, 0.4) is 0 Å². The number of rotatable bonds is 34. The van der Waals surface area contributed by atoms with Gasteiger partial charge in [-0.05, 0) is 70.6 Å². The van der Waals surface area contributed by atoms with Crippen molar-refractivity contribution in [2.45, 2.75) is 213 Å². The van der Waals surface area contributed by atoms with Gasteiger partial charge < -0.3 is 0 Å². The second-order valence-corrected chi connectivity index (χ2v) is 12.6. The standard InChI is InChI=1S/C40H74O/c1-3-5-7-9-11-13-15-17-19-21-22-23-25-27-29-31-33-35-37-39-40(41)38-36-34-32-30-28-26-24-20-18-16-14-12-10-8-6-4-2/h21-22,24-27H,3-20,23,28-39H2,1-2H3/b22-21-,26-24+,27-25+. The quantitative estimate of drug-likeness (QED) is 0.0555. The van der Waals surface area contributed by atoms with Gasteiger partial charge in [0.05, 0.1) is 0 Å². The van der Waals surface area contributed by atoms with E-state index >= 15 is 0 Å². The van der Waals surface area contributed by atoms with Crippen LogP contribution in [0.2, 0.25) is 0 Å². The van der Waals surface area contributed by atoms with E-state index in [0.29, 0.717) is 5.78 Å². The minimum Gasteiger partial charge on any atom is -0.300 e. The Morgan fingerprint density at radius 3 is 0.951 bits per heavy atom. The number of hydrogen-bond acceptors (Lipinski definition) is 1. The molecule has 1 nitrogen and oxygen atoms in total. The van der Waals surface area contributed by atoms with Gasteiger partial charge >= 0.3 is 0 Å². The van der Waals surface area contributed by atoms with E-state index in [0.717, 1.165) is 32.1 Å². The average Bonchev–Trinajstić information content (AvgIpc) is 2.98. The highest BCUT2D eigenvalue weighted by atomic mass is 16.1. The summed E-state index contributed by atoms with van der Waals surface area (Å²) in [7, 11) is 0. The molecule has 0 aliphatic heterocycles. The van der Waals surface area contributed by atoms with E-state index in [1.54, 1.807) is 0 Å². The Balaban J connectivity index is 3.29. The summed E-state index contributed by atoms with van der Waals surface area (Å²) in [6.07, 6.45) is 54.0. The molecule has 0 amide bonds. The van der Waals surface area contributed by atoms with Crippen molar-refractivity contribution in [2.24, 2.45) is 0 Å². The van der Waals surface area contributed by atoms with Crippen molar-refractivity contribution >= 4 is 5.78 Å². The molecule has 0 atom stereocenters. The van der Waals surface area contributed by atoms with E-state index < -0.39 is 0 Å². The summed E-state index contributed by atoms with van der Waals surface area (Å²) in [4.78, 5) is 12.1. The Morgan fingerprint density at radius 1 is 0.341 bits per heavy atom. The van der Waals surface area contributed by atoms with E-state index in [4.69, 9.17) is 0 Å². The molecule has 0 aliphatic rings. The molecule has 0 radical (unpaired) electrons. The number of hydrogen-bond donors (Lipinski definition) is 0. The third-order valence-corrected chi connectivity index (χ3v) is 8.37. The molecule has 0 aromatic carbocycles. The molecule has 1 heteroatoms. The Kier molecular flexibility index (Phi) is 35.9. The third-order valence-electron chi connectivity index (χ3n) is 8.37. The molecule has 0 saturated heterocycles. The summed E-state index contributed by atoms with van der Waals surface area (Å²) in [6, 6.07) is 0. The SMILES string of the molecule is CCCCCCCCCC/C=C\C/C=C/CCCCCCC(=O)CCCCCC/C=C/CCCCCCCCCC. The number of ketones is 1. The molecule has 0 aliphatic carbocycles. The molecule has 41 heavy (non-hydrogen) atoms. The van der Waals surface area contributed by atoms with Gasteiger partial charge in [0.15, 0.2) is 0 Å². The molecule has 0 N–H and O–H groups in total. The van der Waals surface area contributed by atoms with Gasteiger partial charge in [-0.1, -0.05) is 166 Å². The van der Waals surface area contributed by atoms with E-state index in [-0.39, 0.29) is 0 Å². The van der Waals surface area contributed by atoms with Gasteiger partial charge in [0.1, 0.15) is 5.78 Å². The van der Waals surface area contributed by atoms with Crippen LogP contribution in [-0.2, 0) is 4.79 Å². The van der Waals surface area contributed by atoms with Crippen LogP contribution >= 0.6 is 0 Å². The first-order chi connectivity index (χ1) is 20.3. The molecular formula is C40H74O. The fourth-order valence-corrected chi connectivity index (χ4v) is 5.54. The van der Waals surface area contributed by atoms with E-state index in [9.17, 15) is 4.79 Å². The zero-order chi connectivity index (χ0) is 29.7. The number of carbonyl (C=O) groups is 1. The van der Waals surface area contributed by atoms with Crippen molar-refractivity contribution < 1.29 is 4.79 Å². The number of Topliss-reactive ketones (excluding diaryl/α,β-unsaturated/α-hetero) is 1. The van der Waals surface area contributed by atoms with Crippen LogP contribution in [0.25, 0.3) is 0 Å². The Bertz CT molecular complexity index is 584. The van der Waals surface area contributed by atoms with E-state index in [1.807, 2.05) is 0 Å². The fraction of sp³-hybridized carbons (Fsp3) is 0.825. The smallest absolute Gasteiger partial charge is 0.132 e. The predicted octanol–water partition coefficient (Wildman–Crippen LogP) is 14.4. The van der Waals surface area contributed by atoms with E-state index in [2.05, 4.69) is 50.3 Å². The monoisotopic (exact) mass is 571 g/mol. The molecule has 0 aromatic heterocycles. The lowest BCUT2D eigenvalue weighted by molar-refractivity contribution is -0.119. The molecule has 0 fully saturated rings. The first-order valence-electron chi connectivity index (χ1n) is 18.8. The van der Waals surface area contributed by atoms with Gasteiger partial charge in [-0.2, -0.15) is 0 Å². The van der Waals surface area contributed by atoms with Crippen LogP contribution in [0.5, 0.6) is 0 Å². The molecule has 0 rings (SSSR count). The van der Waals surface area contributed by atoms with Gasteiger partial charge in [0.2, 0.25) is 0 Å². The molecule has 240 valence electrons. The maximum absolute atomic E-state index is 12.1. The first-order valence-corrected chi connectivity index (χ1v) is 18.8. The lowest BCUT2D eigenvalue weighted by atomic mass is 10.0. The molecule has 0 unspecified atom stereocenters. The van der Waals surface area contributed by atoms with Crippen molar-refractivity contribution in [2.75, 3.05) is 0 Å². The van der Waals surface area contributed by atoms with Crippen LogP contribution < -0.4 is 0 Å². The number of allylic oxidation sites excluding steroid dienone is 6. The molecule has 0 aromatic rings. The maximum Gasteiger partial charge on any atom is 0.132 e. The van der Waals surface area contributed by atoms with Crippen LogP contribution in [0, 0.1) is 0 Å². The lowest BCUT2D eigenvalue weighted by Gasteiger charge is -2.02. The third kappa shape index (κ3) is 36.9. The predicted molar refractivity (Wildman–Crippen MR) is 187 cm³/mol. The lowest BCUT2D eigenvalue weighted by Crippen LogP contribution is -1.97. The normalized spacial score (nSPS) is 12.0. The van der Waals surface area contributed by atoms with Crippen LogP contribution in [-0.4, -0.2) is 5.78 Å². The van der Waals surface area contributed by atoms with Gasteiger partial charge in [-0.15, -0.1) is 0 Å². The van der Waals surface area contributed by atoms with Crippen LogP contribution in [0.4, 0.5) is 0 Å². The minimum absolute atomic E-state index is 0.494. The van der Waals surface area contributed by atoms with Crippen LogP contribution in [0.15, 0.2) is 36.5 Å². The molecule has 0 heterocycles. The Labute approximate surface area is 259 Å². The van der Waals surface area contributed by atoms with Gasteiger partial charge in [0.25, 0.3) is 0 Å². The van der Waals surface area contributed by atoms with Gasteiger partial charge in [-0.25, -0.2) is 0 Å². The Morgan fingerprint density at radius 2 is 0.610 bits per heavy atom. The van der Waals surface area contributed by atoms with Crippen molar-refractivity contribution in [1.29, 1.82) is 0 Å². The fourth-order valence-electron chi connectivity index (χ4n) is 5.54. The molecular weight excluding hydrogens is 496 g/mol. The summed E-state index contributed by atoms with van der Waals surface area (Å²) in [6.45, 7) is 4.57. The minimum atomic E-state index is 0.494. The summed E-state index contributed by atoms with van der Waals surface area (Å²) < 4.78 is 0. The van der Waals surface area contributed by atoms with Crippen molar-refractivity contribution in [3.05, 3.63) is 36.5 Å². The summed E-state index contributed by atoms with van der Waals surface area (Å²) in [5.74, 6) is 0.494. The van der Waals surface area contributed by atoms with Gasteiger partial charge in [-0.3, -0.25) is 4.79 Å². The number of unbranched alkanes of at least 4 members (excludes halogenated alkanes) is 24. The van der Waals surface area contributed by atoms with Crippen molar-refractivity contribution in [3.63, 3.8) is 0 Å². The average molecular weight is 571 g/mol. The van der Waals surface area contributed by atoms with Crippen molar-refractivity contribution in [1.82, 2.24) is 0 Å². The highest BCUT2D eigenvalue weighted by Gasteiger charge is 2.01. The van der Waals surface area contributed by atoms with Crippen LogP contribution in [0.1, 0.15) is 213 Å². The van der Waals surface area contributed by atoms with Crippen molar-refractivity contribution in [3.8, 4) is 0 Å². The largest absolute Gasteiger partial charge is 0.300 e. The summed E-state index contributed by atoms with van der Waals surface area (Å²) >= 11 is 0. The van der Waals surface area contributed by atoms with Gasteiger partial charge in [0, 0.05) is 12.8 Å². The molecule has 0 spiro atoms. The summed E-state index contributed by atoms with van der Waals surface area (Å²) in [5, 5.41) is 0. The zero-order valence-electron chi connectivity index (χ0n) is 28.3. The number of carbonyl (C=O) groups excluding carboxylic acids is 1. The topological polar surface area (TPSA) is 17.1 Å². The van der Waals surface area contributed by atoms with E-state index in [1.165, 1.54) is 167 Å². The second-order valence-electron chi connectivity index (χ2n) is 12.6.